The second-order valence-electron chi connectivity index (χ2n) is 4.92. The monoisotopic (exact) mass is 352 g/mol. The minimum atomic E-state index is -0.210. The molecule has 0 fully saturated rings. The van der Waals surface area contributed by atoms with E-state index in [1.165, 1.54) is 0 Å². The molecule has 5 nitrogen and oxygen atoms in total. The number of hydrogen-bond acceptors (Lipinski definition) is 4. The highest BCUT2D eigenvalue weighted by atomic mass is 35.5. The maximum Gasteiger partial charge on any atom is 0.243 e. The molecule has 1 amide bonds. The zero-order chi connectivity index (χ0) is 16.2. The molecule has 1 aliphatic heterocycles. The van der Waals surface area contributed by atoms with Crippen LogP contribution in [0, 0.1) is 0 Å². The van der Waals surface area contributed by atoms with E-state index in [0.29, 0.717) is 40.4 Å². The molecule has 0 aromatic heterocycles. The number of anilines is 2. The highest BCUT2D eigenvalue weighted by Crippen LogP contribution is 2.32. The van der Waals surface area contributed by atoms with Gasteiger partial charge in [-0.3, -0.25) is 4.79 Å². The topological polar surface area (TPSA) is 59.6 Å². The Labute approximate surface area is 143 Å². The molecule has 7 heteroatoms. The molecule has 0 radical (unpaired) electrons. The molecule has 1 heterocycles. The second kappa shape index (κ2) is 6.98. The van der Waals surface area contributed by atoms with Crippen LogP contribution in [0.25, 0.3) is 0 Å². The van der Waals surface area contributed by atoms with E-state index in [1.54, 1.807) is 24.3 Å². The van der Waals surface area contributed by atoms with Gasteiger partial charge < -0.3 is 20.1 Å². The van der Waals surface area contributed by atoms with E-state index >= 15 is 0 Å². The van der Waals surface area contributed by atoms with Crippen LogP contribution in [0.1, 0.15) is 0 Å². The van der Waals surface area contributed by atoms with Crippen LogP contribution >= 0.6 is 23.2 Å². The Kier molecular flexibility index (Phi) is 4.79. The smallest absolute Gasteiger partial charge is 0.243 e. The lowest BCUT2D eigenvalue weighted by Crippen LogP contribution is -2.22. The van der Waals surface area contributed by atoms with Gasteiger partial charge in [0, 0.05) is 27.5 Å². The normalized spacial score (nSPS) is 12.6. The SMILES string of the molecule is O=C(CNc1ccc2c(c1)OCCO2)Nc1cc(Cl)cc(Cl)c1. The van der Waals surface area contributed by atoms with Gasteiger partial charge in [0.1, 0.15) is 13.2 Å². The van der Waals surface area contributed by atoms with Gasteiger partial charge in [0.15, 0.2) is 11.5 Å². The molecule has 0 aliphatic carbocycles. The number of benzene rings is 2. The van der Waals surface area contributed by atoms with Crippen molar-refractivity contribution in [3.63, 3.8) is 0 Å². The molecule has 3 rings (SSSR count). The summed E-state index contributed by atoms with van der Waals surface area (Å²) in [6.07, 6.45) is 0. The van der Waals surface area contributed by atoms with Crippen LogP contribution in [0.15, 0.2) is 36.4 Å². The molecule has 23 heavy (non-hydrogen) atoms. The third kappa shape index (κ3) is 4.21. The molecule has 2 N–H and O–H groups in total. The average molecular weight is 353 g/mol. The molecular formula is C16H14Cl2N2O3. The minimum absolute atomic E-state index is 0.101. The van der Waals surface area contributed by atoms with Crippen molar-refractivity contribution < 1.29 is 14.3 Å². The van der Waals surface area contributed by atoms with Crippen LogP contribution in [0.5, 0.6) is 11.5 Å². The van der Waals surface area contributed by atoms with E-state index in [9.17, 15) is 4.79 Å². The Morgan fingerprint density at radius 1 is 0.957 bits per heavy atom. The van der Waals surface area contributed by atoms with Crippen LogP contribution < -0.4 is 20.1 Å². The molecular weight excluding hydrogens is 339 g/mol. The van der Waals surface area contributed by atoms with Crippen molar-refractivity contribution >= 4 is 40.5 Å². The standard InChI is InChI=1S/C16H14Cl2N2O3/c17-10-5-11(18)7-13(6-10)20-16(21)9-19-12-1-2-14-15(8-12)23-4-3-22-14/h1-2,5-8,19H,3-4,9H2,(H,20,21). The number of hydrogen-bond donors (Lipinski definition) is 2. The summed E-state index contributed by atoms with van der Waals surface area (Å²) in [4.78, 5) is 12.0. The van der Waals surface area contributed by atoms with Crippen molar-refractivity contribution in [2.75, 3.05) is 30.4 Å². The number of rotatable bonds is 4. The highest BCUT2D eigenvalue weighted by Gasteiger charge is 2.12. The number of nitrogens with one attached hydrogen (secondary N) is 2. The number of carbonyl (C=O) groups excluding carboxylic acids is 1. The largest absolute Gasteiger partial charge is 0.486 e. The molecule has 0 saturated heterocycles. The van der Waals surface area contributed by atoms with Crippen LogP contribution in [-0.4, -0.2) is 25.7 Å². The Bertz CT molecular complexity index is 717. The first kappa shape index (κ1) is 15.8. The van der Waals surface area contributed by atoms with E-state index in [2.05, 4.69) is 10.6 Å². The fraction of sp³-hybridized carbons (Fsp3) is 0.188. The summed E-state index contributed by atoms with van der Waals surface area (Å²) >= 11 is 11.8. The van der Waals surface area contributed by atoms with E-state index < -0.39 is 0 Å². The second-order valence-corrected chi connectivity index (χ2v) is 5.79. The van der Waals surface area contributed by atoms with E-state index in [-0.39, 0.29) is 12.5 Å². The Hall–Kier alpha value is -2.11. The zero-order valence-electron chi connectivity index (χ0n) is 12.1. The van der Waals surface area contributed by atoms with E-state index in [4.69, 9.17) is 32.7 Å². The third-order valence-electron chi connectivity index (χ3n) is 3.14. The first-order valence-electron chi connectivity index (χ1n) is 6.99. The van der Waals surface area contributed by atoms with Crippen molar-refractivity contribution in [1.82, 2.24) is 0 Å². The zero-order valence-corrected chi connectivity index (χ0v) is 13.6. The van der Waals surface area contributed by atoms with Gasteiger partial charge in [0.25, 0.3) is 0 Å². The quantitative estimate of drug-likeness (QED) is 0.878. The number of amides is 1. The van der Waals surface area contributed by atoms with Crippen molar-refractivity contribution in [1.29, 1.82) is 0 Å². The number of fused-ring (bicyclic) bond motifs is 1. The lowest BCUT2D eigenvalue weighted by Gasteiger charge is -2.19. The maximum absolute atomic E-state index is 12.0. The van der Waals surface area contributed by atoms with Gasteiger partial charge in [-0.15, -0.1) is 0 Å². The van der Waals surface area contributed by atoms with Gasteiger partial charge in [-0.2, -0.15) is 0 Å². The van der Waals surface area contributed by atoms with Gasteiger partial charge >= 0.3 is 0 Å². The summed E-state index contributed by atoms with van der Waals surface area (Å²) in [7, 11) is 0. The summed E-state index contributed by atoms with van der Waals surface area (Å²) in [5.74, 6) is 1.17. The summed E-state index contributed by atoms with van der Waals surface area (Å²) in [5.41, 5.74) is 1.32. The molecule has 0 unspecified atom stereocenters. The van der Waals surface area contributed by atoms with E-state index in [1.807, 2.05) is 12.1 Å². The number of halogens is 2. The van der Waals surface area contributed by atoms with E-state index in [0.717, 1.165) is 5.69 Å². The fourth-order valence-electron chi connectivity index (χ4n) is 2.17. The van der Waals surface area contributed by atoms with Gasteiger partial charge in [-0.05, 0) is 30.3 Å². The van der Waals surface area contributed by atoms with Crippen molar-refractivity contribution in [3.05, 3.63) is 46.4 Å². The summed E-state index contributed by atoms with van der Waals surface area (Å²) in [5, 5.41) is 6.69. The molecule has 0 spiro atoms. The summed E-state index contributed by atoms with van der Waals surface area (Å²) in [6.45, 7) is 1.17. The predicted octanol–water partition coefficient (Wildman–Crippen LogP) is 3.82. The minimum Gasteiger partial charge on any atom is -0.486 e. The maximum atomic E-state index is 12.0. The predicted molar refractivity (Wildman–Crippen MR) is 91.0 cm³/mol. The summed E-state index contributed by atoms with van der Waals surface area (Å²) < 4.78 is 10.9. The Morgan fingerprint density at radius 2 is 1.65 bits per heavy atom. The van der Waals surface area contributed by atoms with Gasteiger partial charge in [0.05, 0.1) is 6.54 Å². The lowest BCUT2D eigenvalue weighted by atomic mass is 10.2. The Morgan fingerprint density at radius 3 is 2.39 bits per heavy atom. The molecule has 2 aromatic rings. The molecule has 0 atom stereocenters. The summed E-state index contributed by atoms with van der Waals surface area (Å²) in [6, 6.07) is 10.3. The third-order valence-corrected chi connectivity index (χ3v) is 3.58. The van der Waals surface area contributed by atoms with Gasteiger partial charge in [-0.25, -0.2) is 0 Å². The van der Waals surface area contributed by atoms with Crippen LogP contribution in [0.2, 0.25) is 10.0 Å². The average Bonchev–Trinajstić information content (AvgIpc) is 2.52. The highest BCUT2D eigenvalue weighted by molar-refractivity contribution is 6.35. The number of carbonyl (C=O) groups is 1. The fourth-order valence-corrected chi connectivity index (χ4v) is 2.69. The van der Waals surface area contributed by atoms with Gasteiger partial charge in [-0.1, -0.05) is 23.2 Å². The Balaban J connectivity index is 1.58. The number of ether oxygens (including phenoxy) is 2. The van der Waals surface area contributed by atoms with Crippen molar-refractivity contribution in [3.8, 4) is 11.5 Å². The molecule has 1 aliphatic rings. The first-order valence-corrected chi connectivity index (χ1v) is 7.75. The van der Waals surface area contributed by atoms with Crippen molar-refractivity contribution in [2.24, 2.45) is 0 Å². The molecule has 0 saturated carbocycles. The molecule has 2 aromatic carbocycles. The van der Waals surface area contributed by atoms with Crippen LogP contribution in [-0.2, 0) is 4.79 Å². The molecule has 0 bridgehead atoms. The molecule has 120 valence electrons. The lowest BCUT2D eigenvalue weighted by molar-refractivity contribution is -0.114. The first-order chi connectivity index (χ1) is 11.1. The van der Waals surface area contributed by atoms with Crippen LogP contribution in [0.4, 0.5) is 11.4 Å². The van der Waals surface area contributed by atoms with Crippen LogP contribution in [0.3, 0.4) is 0 Å². The van der Waals surface area contributed by atoms with Gasteiger partial charge in [0.2, 0.25) is 5.91 Å². The van der Waals surface area contributed by atoms with Crippen molar-refractivity contribution in [2.45, 2.75) is 0 Å².